The van der Waals surface area contributed by atoms with Crippen molar-refractivity contribution in [2.24, 2.45) is 5.41 Å². The molecule has 2 N–H and O–H groups in total. The molecule has 7 heteroatoms. The molecule has 1 amide bonds. The quantitative estimate of drug-likeness (QED) is 0.737. The van der Waals surface area contributed by atoms with Gasteiger partial charge in [-0.05, 0) is 19.8 Å². The summed E-state index contributed by atoms with van der Waals surface area (Å²) in [5.41, 5.74) is -0.955. The summed E-state index contributed by atoms with van der Waals surface area (Å²) in [6.07, 6.45) is 5.70. The van der Waals surface area contributed by atoms with E-state index in [0.717, 1.165) is 31.9 Å². The Morgan fingerprint density at radius 3 is 2.10 bits per heavy atom. The van der Waals surface area contributed by atoms with Crippen molar-refractivity contribution in [3.63, 3.8) is 0 Å². The van der Waals surface area contributed by atoms with Crippen LogP contribution in [0.2, 0.25) is 0 Å². The van der Waals surface area contributed by atoms with E-state index in [-0.39, 0.29) is 6.54 Å². The molecule has 20 heavy (non-hydrogen) atoms. The maximum Gasteiger partial charge on any atom is 0.311 e. The lowest BCUT2D eigenvalue weighted by molar-refractivity contribution is -0.149. The number of carboxylic acid groups (broad SMARTS) is 1. The Balaban J connectivity index is 2.73. The molecule has 116 valence electrons. The van der Waals surface area contributed by atoms with E-state index in [9.17, 15) is 23.1 Å². The first kappa shape index (κ1) is 16.9. The third-order valence-corrected chi connectivity index (χ3v) is 5.63. The van der Waals surface area contributed by atoms with Crippen LogP contribution in [0, 0.1) is 5.41 Å². The molecule has 1 fully saturated rings. The molecule has 0 aromatic carbocycles. The molecular formula is C13H23NO5S. The van der Waals surface area contributed by atoms with Gasteiger partial charge in [0, 0.05) is 12.8 Å². The van der Waals surface area contributed by atoms with Gasteiger partial charge in [0.25, 0.3) is 0 Å². The van der Waals surface area contributed by atoms with Crippen molar-refractivity contribution in [1.82, 2.24) is 5.32 Å². The first-order valence-corrected chi connectivity index (χ1v) is 8.84. The summed E-state index contributed by atoms with van der Waals surface area (Å²) in [5, 5.41) is 10.8. The fourth-order valence-corrected chi connectivity index (χ4v) is 2.94. The molecule has 1 aliphatic rings. The first-order valence-electron chi connectivity index (χ1n) is 6.89. The van der Waals surface area contributed by atoms with Gasteiger partial charge >= 0.3 is 5.97 Å². The van der Waals surface area contributed by atoms with Crippen LogP contribution >= 0.6 is 0 Å². The molecular weight excluding hydrogens is 282 g/mol. The molecule has 1 aliphatic carbocycles. The topological polar surface area (TPSA) is 101 Å². The van der Waals surface area contributed by atoms with Crippen LogP contribution in [-0.4, -0.2) is 43.5 Å². The Hall–Kier alpha value is -1.11. The molecule has 0 aromatic heterocycles. The molecule has 0 aromatic rings. The first-order chi connectivity index (χ1) is 9.19. The third-order valence-electron chi connectivity index (χ3n) is 4.13. The Labute approximate surface area is 119 Å². The molecule has 1 unspecified atom stereocenters. The highest BCUT2D eigenvalue weighted by molar-refractivity contribution is 7.92. The predicted molar refractivity (Wildman–Crippen MR) is 75.1 cm³/mol. The Kier molecular flexibility index (Phi) is 5.56. The fraction of sp³-hybridized carbons (Fsp3) is 0.846. The molecule has 0 bridgehead atoms. The van der Waals surface area contributed by atoms with Crippen molar-refractivity contribution < 1.29 is 23.1 Å². The number of sulfone groups is 1. The maximum atomic E-state index is 11.8. The number of carbonyl (C=O) groups is 2. The Morgan fingerprint density at radius 2 is 1.70 bits per heavy atom. The SMILES string of the molecule is CC(C(=O)NCC1(C(=O)O)CCCCCC1)S(C)(=O)=O. The van der Waals surface area contributed by atoms with Crippen molar-refractivity contribution in [2.45, 2.75) is 50.7 Å². The molecule has 1 saturated carbocycles. The molecule has 0 heterocycles. The molecule has 1 rings (SSSR count). The van der Waals surface area contributed by atoms with Crippen LogP contribution in [0.15, 0.2) is 0 Å². The van der Waals surface area contributed by atoms with Crippen molar-refractivity contribution in [3.05, 3.63) is 0 Å². The minimum atomic E-state index is -3.46. The van der Waals surface area contributed by atoms with Crippen molar-refractivity contribution in [1.29, 1.82) is 0 Å². The largest absolute Gasteiger partial charge is 0.481 e. The highest BCUT2D eigenvalue weighted by Gasteiger charge is 2.39. The highest BCUT2D eigenvalue weighted by atomic mass is 32.2. The number of hydrogen-bond donors (Lipinski definition) is 2. The minimum absolute atomic E-state index is 0.00102. The van der Waals surface area contributed by atoms with Gasteiger partial charge in [-0.25, -0.2) is 8.42 Å². The van der Waals surface area contributed by atoms with Gasteiger partial charge in [0.05, 0.1) is 5.41 Å². The normalized spacial score (nSPS) is 20.7. The summed E-state index contributed by atoms with van der Waals surface area (Å²) in [6, 6.07) is 0. The van der Waals surface area contributed by atoms with Gasteiger partial charge in [-0.1, -0.05) is 25.7 Å². The lowest BCUT2D eigenvalue weighted by Gasteiger charge is -2.28. The molecule has 6 nitrogen and oxygen atoms in total. The van der Waals surface area contributed by atoms with Crippen molar-refractivity contribution in [2.75, 3.05) is 12.8 Å². The van der Waals surface area contributed by atoms with E-state index in [1.165, 1.54) is 6.92 Å². The standard InChI is InChI=1S/C13H23NO5S/c1-10(20(2,18)19)11(15)14-9-13(12(16)17)7-5-3-4-6-8-13/h10H,3-9H2,1-2H3,(H,14,15)(H,16,17). The van der Waals surface area contributed by atoms with Crippen LogP contribution in [-0.2, 0) is 19.4 Å². The maximum absolute atomic E-state index is 11.8. The van der Waals surface area contributed by atoms with E-state index in [4.69, 9.17) is 0 Å². The fourth-order valence-electron chi connectivity index (χ4n) is 2.47. The zero-order chi connectivity index (χ0) is 15.4. The van der Waals surface area contributed by atoms with Crippen LogP contribution in [0.3, 0.4) is 0 Å². The Morgan fingerprint density at radius 1 is 1.20 bits per heavy atom. The second-order valence-corrected chi connectivity index (χ2v) is 8.06. The number of amides is 1. The van der Waals surface area contributed by atoms with E-state index >= 15 is 0 Å². The van der Waals surface area contributed by atoms with Crippen molar-refractivity contribution in [3.8, 4) is 0 Å². The van der Waals surface area contributed by atoms with Gasteiger partial charge in [0.15, 0.2) is 9.84 Å². The van der Waals surface area contributed by atoms with Gasteiger partial charge in [-0.2, -0.15) is 0 Å². The zero-order valence-corrected chi connectivity index (χ0v) is 12.8. The second kappa shape index (κ2) is 6.56. The Bertz CT molecular complexity index is 463. The molecule has 0 saturated heterocycles. The average Bonchev–Trinajstić information content (AvgIpc) is 2.60. The van der Waals surface area contributed by atoms with Gasteiger partial charge < -0.3 is 10.4 Å². The molecule has 1 atom stereocenters. The minimum Gasteiger partial charge on any atom is -0.481 e. The number of carbonyl (C=O) groups excluding carboxylic acids is 1. The molecule has 0 radical (unpaired) electrons. The number of carboxylic acids is 1. The number of rotatable bonds is 5. The average molecular weight is 305 g/mol. The van der Waals surface area contributed by atoms with Crippen molar-refractivity contribution >= 4 is 21.7 Å². The lowest BCUT2D eigenvalue weighted by Crippen LogP contribution is -2.46. The van der Waals surface area contributed by atoms with E-state index in [1.807, 2.05) is 0 Å². The van der Waals surface area contributed by atoms with E-state index in [0.29, 0.717) is 12.8 Å². The highest BCUT2D eigenvalue weighted by Crippen LogP contribution is 2.34. The summed E-state index contributed by atoms with van der Waals surface area (Å²) >= 11 is 0. The monoisotopic (exact) mass is 305 g/mol. The number of hydrogen-bond acceptors (Lipinski definition) is 4. The van der Waals surface area contributed by atoms with Crippen LogP contribution in [0.5, 0.6) is 0 Å². The van der Waals surface area contributed by atoms with E-state index < -0.39 is 32.4 Å². The smallest absolute Gasteiger partial charge is 0.311 e. The molecule has 0 aliphatic heterocycles. The summed E-state index contributed by atoms with van der Waals surface area (Å²) in [4.78, 5) is 23.3. The van der Waals surface area contributed by atoms with E-state index in [2.05, 4.69) is 5.32 Å². The third kappa shape index (κ3) is 4.19. The summed E-state index contributed by atoms with van der Waals surface area (Å²) in [7, 11) is -3.46. The van der Waals surface area contributed by atoms with E-state index in [1.54, 1.807) is 0 Å². The van der Waals surface area contributed by atoms with Gasteiger partial charge in [-0.3, -0.25) is 9.59 Å². The molecule has 0 spiro atoms. The zero-order valence-electron chi connectivity index (χ0n) is 12.0. The summed E-state index contributed by atoms with van der Waals surface area (Å²) in [6.45, 7) is 1.31. The van der Waals surface area contributed by atoms with Crippen LogP contribution in [0.1, 0.15) is 45.4 Å². The lowest BCUT2D eigenvalue weighted by atomic mass is 9.80. The van der Waals surface area contributed by atoms with Crippen LogP contribution in [0.25, 0.3) is 0 Å². The van der Waals surface area contributed by atoms with Gasteiger partial charge in [-0.15, -0.1) is 0 Å². The van der Waals surface area contributed by atoms with Crippen LogP contribution in [0.4, 0.5) is 0 Å². The number of nitrogens with one attached hydrogen (secondary N) is 1. The number of aliphatic carboxylic acids is 1. The van der Waals surface area contributed by atoms with Crippen LogP contribution < -0.4 is 5.32 Å². The summed E-state index contributed by atoms with van der Waals surface area (Å²) in [5.74, 6) is -1.54. The second-order valence-electron chi connectivity index (χ2n) is 5.69. The van der Waals surface area contributed by atoms with Gasteiger partial charge in [0.1, 0.15) is 5.25 Å². The van der Waals surface area contributed by atoms with Gasteiger partial charge in [0.2, 0.25) is 5.91 Å². The predicted octanol–water partition coefficient (Wildman–Crippen LogP) is 0.961. The summed E-state index contributed by atoms with van der Waals surface area (Å²) < 4.78 is 22.6.